The van der Waals surface area contributed by atoms with Gasteiger partial charge in [-0.15, -0.1) is 0 Å². The summed E-state index contributed by atoms with van der Waals surface area (Å²) in [6, 6.07) is 0. The maximum atomic E-state index is 13.2. The number of carbonyl (C=O) groups is 1. The molecule has 30 heavy (non-hydrogen) atoms. The van der Waals surface area contributed by atoms with Gasteiger partial charge < -0.3 is 14.8 Å². The zero-order valence-corrected chi connectivity index (χ0v) is 18.6. The van der Waals surface area contributed by atoms with E-state index in [0.29, 0.717) is 30.1 Å². The highest BCUT2D eigenvalue weighted by molar-refractivity contribution is 5.82. The van der Waals surface area contributed by atoms with Crippen LogP contribution < -0.4 is 0 Å². The van der Waals surface area contributed by atoms with Crippen LogP contribution in [0, 0.1) is 40.4 Å². The van der Waals surface area contributed by atoms with Crippen LogP contribution in [0.4, 0.5) is 0 Å². The highest BCUT2D eigenvalue weighted by Gasteiger charge is 2.62. The zero-order valence-electron chi connectivity index (χ0n) is 18.6. The first-order valence-corrected chi connectivity index (χ1v) is 12.1. The van der Waals surface area contributed by atoms with Gasteiger partial charge >= 0.3 is 0 Å². The minimum absolute atomic E-state index is 0.102. The molecule has 3 unspecified atom stereocenters. The van der Waals surface area contributed by atoms with Crippen molar-refractivity contribution in [2.24, 2.45) is 40.4 Å². The largest absolute Gasteiger partial charge is 0.393 e. The minimum Gasteiger partial charge on any atom is -0.393 e. The third kappa shape index (κ3) is 3.02. The summed E-state index contributed by atoms with van der Waals surface area (Å²) >= 11 is 0. The molecule has 2 N–H and O–H groups in total. The summed E-state index contributed by atoms with van der Waals surface area (Å²) in [6.07, 6.45) is 14.9. The van der Waals surface area contributed by atoms with Crippen LogP contribution in [0.25, 0.3) is 0 Å². The van der Waals surface area contributed by atoms with Crippen molar-refractivity contribution in [1.82, 2.24) is 9.55 Å². The first kappa shape index (κ1) is 20.7. The lowest BCUT2D eigenvalue weighted by molar-refractivity contribution is -0.161. The smallest absolute Gasteiger partial charge is 0.156 e. The molecule has 5 heteroatoms. The molecule has 4 aliphatic carbocycles. The van der Waals surface area contributed by atoms with Gasteiger partial charge in [-0.05, 0) is 92.3 Å². The Hall–Kier alpha value is -1.20. The van der Waals surface area contributed by atoms with Gasteiger partial charge in [0.2, 0.25) is 0 Å². The summed E-state index contributed by atoms with van der Waals surface area (Å²) in [4.78, 5) is 17.3. The molecule has 0 aromatic carbocycles. The van der Waals surface area contributed by atoms with Gasteiger partial charge in [0.25, 0.3) is 0 Å². The fourth-order valence-corrected chi connectivity index (χ4v) is 8.67. The highest BCUT2D eigenvalue weighted by Crippen LogP contribution is 2.68. The molecule has 1 heterocycles. The highest BCUT2D eigenvalue weighted by atomic mass is 16.3. The molecule has 0 aliphatic heterocycles. The predicted molar refractivity (Wildman–Crippen MR) is 114 cm³/mol. The molecule has 4 fully saturated rings. The second kappa shape index (κ2) is 7.16. The van der Waals surface area contributed by atoms with Crippen molar-refractivity contribution in [2.75, 3.05) is 6.61 Å². The molecule has 0 bridgehead atoms. The maximum absolute atomic E-state index is 13.2. The molecule has 0 radical (unpaired) electrons. The number of ketones is 1. The summed E-state index contributed by atoms with van der Waals surface area (Å²) in [6.45, 7) is 5.25. The van der Waals surface area contributed by atoms with Crippen molar-refractivity contribution < 1.29 is 15.0 Å². The number of imidazole rings is 1. The Kier molecular flexibility index (Phi) is 4.94. The third-order valence-corrected chi connectivity index (χ3v) is 10.4. The molecule has 0 amide bonds. The van der Waals surface area contributed by atoms with Crippen LogP contribution in [0.2, 0.25) is 0 Å². The molecule has 5 rings (SSSR count). The van der Waals surface area contributed by atoms with Crippen molar-refractivity contribution >= 4 is 5.78 Å². The summed E-state index contributed by atoms with van der Waals surface area (Å²) < 4.78 is 1.92. The van der Waals surface area contributed by atoms with Crippen molar-refractivity contribution in [1.29, 1.82) is 0 Å². The third-order valence-electron chi connectivity index (χ3n) is 10.4. The van der Waals surface area contributed by atoms with E-state index < -0.39 is 5.60 Å². The van der Waals surface area contributed by atoms with Crippen LogP contribution >= 0.6 is 0 Å². The first-order valence-electron chi connectivity index (χ1n) is 12.1. The molecule has 1 aromatic rings. The Balaban J connectivity index is 1.34. The number of nitrogens with zero attached hydrogens (tertiary/aromatic N) is 2. The Morgan fingerprint density at radius 3 is 2.60 bits per heavy atom. The second-order valence-corrected chi connectivity index (χ2v) is 11.6. The Labute approximate surface area is 180 Å². The molecule has 166 valence electrons. The fraction of sp³-hybridized carbons (Fsp3) is 0.840. The van der Waals surface area contributed by atoms with Gasteiger partial charge in [-0.25, -0.2) is 4.98 Å². The van der Waals surface area contributed by atoms with Crippen LogP contribution in [0.5, 0.6) is 0 Å². The molecular formula is C25H38N2O3. The van der Waals surface area contributed by atoms with Crippen molar-refractivity contribution in [3.8, 4) is 0 Å². The van der Waals surface area contributed by atoms with E-state index in [1.807, 2.05) is 10.8 Å². The molecular weight excluding hydrogens is 376 g/mol. The number of hydrogen-bond acceptors (Lipinski definition) is 4. The van der Waals surface area contributed by atoms with Crippen LogP contribution in [-0.2, 0) is 11.3 Å². The quantitative estimate of drug-likeness (QED) is 0.785. The zero-order chi connectivity index (χ0) is 21.1. The van der Waals surface area contributed by atoms with E-state index in [0.717, 1.165) is 38.0 Å². The average Bonchev–Trinajstić information content (AvgIpc) is 3.35. The molecule has 4 aliphatic rings. The molecule has 1 aromatic heterocycles. The number of aromatic nitrogens is 2. The lowest BCUT2D eigenvalue weighted by Gasteiger charge is -2.62. The van der Waals surface area contributed by atoms with Crippen molar-refractivity contribution in [3.63, 3.8) is 0 Å². The second-order valence-electron chi connectivity index (χ2n) is 11.6. The molecule has 0 spiro atoms. The van der Waals surface area contributed by atoms with Crippen LogP contribution in [0.1, 0.15) is 71.6 Å². The van der Waals surface area contributed by atoms with Gasteiger partial charge in [0.1, 0.15) is 0 Å². The van der Waals surface area contributed by atoms with Crippen LogP contribution in [0.3, 0.4) is 0 Å². The SMILES string of the molecule is C[C@]12CCC3C(CC[C@H]4C[C@@](O)(CO)CC[C@]34C)C1CC[C@@H]2C(=O)Cn1ccnc1. The molecule has 5 nitrogen and oxygen atoms in total. The Morgan fingerprint density at radius 2 is 1.87 bits per heavy atom. The van der Waals surface area contributed by atoms with Crippen molar-refractivity contribution in [3.05, 3.63) is 18.7 Å². The standard InChI is InChI=1S/C25H38N2O3/c1-23-9-10-25(30,15-28)13-17(23)3-4-18-19-5-6-21(24(19,2)8-7-20(18)23)22(29)14-27-12-11-26-16-27/h11-12,16-21,28,30H,3-10,13-15H2,1-2H3/t17-,18?,19?,20?,21+,23-,24-,25+/m0/s1. The number of rotatable bonds is 4. The van der Waals surface area contributed by atoms with E-state index in [1.54, 1.807) is 12.5 Å². The normalized spacial score (nSPS) is 47.9. The van der Waals surface area contributed by atoms with Gasteiger partial charge in [0.15, 0.2) is 5.78 Å². The number of fused-ring (bicyclic) bond motifs is 5. The summed E-state index contributed by atoms with van der Waals surface area (Å²) in [5.74, 6) is 3.18. The molecule has 8 atom stereocenters. The summed E-state index contributed by atoms with van der Waals surface area (Å²) in [5, 5.41) is 20.4. The monoisotopic (exact) mass is 414 g/mol. The minimum atomic E-state index is -0.863. The Bertz CT molecular complexity index is 794. The van der Waals surface area contributed by atoms with E-state index in [1.165, 1.54) is 25.7 Å². The van der Waals surface area contributed by atoms with Gasteiger partial charge in [-0.3, -0.25) is 4.79 Å². The topological polar surface area (TPSA) is 75.3 Å². The lowest BCUT2D eigenvalue weighted by atomic mass is 9.44. The number of Topliss-reactive ketones (excluding diaryl/α,β-unsaturated/α-hetero) is 1. The predicted octanol–water partition coefficient (Wildman–Crippen LogP) is 3.83. The molecule has 4 saturated carbocycles. The van der Waals surface area contributed by atoms with Gasteiger partial charge in [-0.2, -0.15) is 0 Å². The van der Waals surface area contributed by atoms with Crippen LogP contribution in [-0.4, -0.2) is 37.8 Å². The van der Waals surface area contributed by atoms with Crippen LogP contribution in [0.15, 0.2) is 18.7 Å². The number of aliphatic hydroxyl groups is 2. The fourth-order valence-electron chi connectivity index (χ4n) is 8.67. The van der Waals surface area contributed by atoms with Gasteiger partial charge in [0, 0.05) is 18.3 Å². The average molecular weight is 415 g/mol. The van der Waals surface area contributed by atoms with E-state index in [-0.39, 0.29) is 23.4 Å². The number of carbonyl (C=O) groups excluding carboxylic acids is 1. The number of aliphatic hydroxyl groups excluding tert-OH is 1. The maximum Gasteiger partial charge on any atom is 0.156 e. The lowest BCUT2D eigenvalue weighted by Crippen LogP contribution is -2.56. The Morgan fingerprint density at radius 1 is 1.07 bits per heavy atom. The number of hydrogen-bond donors (Lipinski definition) is 2. The molecule has 0 saturated heterocycles. The first-order chi connectivity index (χ1) is 14.3. The van der Waals surface area contributed by atoms with E-state index in [9.17, 15) is 15.0 Å². The van der Waals surface area contributed by atoms with Gasteiger partial charge in [-0.1, -0.05) is 13.8 Å². The van der Waals surface area contributed by atoms with E-state index >= 15 is 0 Å². The van der Waals surface area contributed by atoms with E-state index in [2.05, 4.69) is 18.8 Å². The van der Waals surface area contributed by atoms with Crippen molar-refractivity contribution in [2.45, 2.75) is 83.8 Å². The van der Waals surface area contributed by atoms with Gasteiger partial charge in [0.05, 0.1) is 25.1 Å². The summed E-state index contributed by atoms with van der Waals surface area (Å²) in [5.41, 5.74) is -0.439. The summed E-state index contributed by atoms with van der Waals surface area (Å²) in [7, 11) is 0. The van der Waals surface area contributed by atoms with E-state index in [4.69, 9.17) is 0 Å².